The average Bonchev–Trinajstić information content (AvgIpc) is 2.40. The number of benzene rings is 2. The van der Waals surface area contributed by atoms with Crippen LogP contribution in [0.15, 0.2) is 36.4 Å². The molecule has 0 bridgehead atoms. The molecule has 0 aliphatic heterocycles. The first-order chi connectivity index (χ1) is 9.90. The number of hydrogen-bond donors (Lipinski definition) is 0. The van der Waals surface area contributed by atoms with E-state index in [0.717, 1.165) is 12.1 Å². The molecule has 21 heavy (non-hydrogen) atoms. The van der Waals surface area contributed by atoms with Crippen molar-refractivity contribution >= 4 is 11.4 Å². The van der Waals surface area contributed by atoms with Crippen LogP contribution in [0.1, 0.15) is 5.56 Å². The van der Waals surface area contributed by atoms with Crippen LogP contribution in [0, 0.1) is 33.0 Å². The highest BCUT2D eigenvalue weighted by molar-refractivity contribution is 5.52. The molecule has 0 saturated heterocycles. The van der Waals surface area contributed by atoms with E-state index in [-0.39, 0.29) is 17.2 Å². The number of aryl methyl sites for hydroxylation is 1. The Labute approximate surface area is 117 Å². The molecule has 2 aromatic carbocycles. The number of hydrogen-bond acceptors (Lipinski definition) is 5. The van der Waals surface area contributed by atoms with E-state index in [1.165, 1.54) is 24.3 Å². The van der Waals surface area contributed by atoms with E-state index in [2.05, 4.69) is 0 Å². The monoisotopic (exact) mass is 292 g/mol. The SMILES string of the molecule is Cc1ccc([N+](=O)[O-])cc1Oc1cccc(F)c1[N+](=O)[O-]. The van der Waals surface area contributed by atoms with Crippen LogP contribution in [0.3, 0.4) is 0 Å². The molecule has 0 radical (unpaired) electrons. The third-order valence-corrected chi connectivity index (χ3v) is 2.73. The molecule has 0 N–H and O–H groups in total. The molecule has 108 valence electrons. The van der Waals surface area contributed by atoms with Gasteiger partial charge in [0.25, 0.3) is 5.69 Å². The molecule has 2 aromatic rings. The fraction of sp³-hybridized carbons (Fsp3) is 0.0769. The Kier molecular flexibility index (Phi) is 3.79. The zero-order valence-electron chi connectivity index (χ0n) is 10.8. The number of halogens is 1. The summed E-state index contributed by atoms with van der Waals surface area (Å²) in [7, 11) is 0. The number of para-hydroxylation sites is 1. The van der Waals surface area contributed by atoms with Crippen LogP contribution in [-0.4, -0.2) is 9.85 Å². The van der Waals surface area contributed by atoms with E-state index in [4.69, 9.17) is 4.74 Å². The predicted octanol–water partition coefficient (Wildman–Crippen LogP) is 3.74. The Morgan fingerprint density at radius 1 is 1.05 bits per heavy atom. The first-order valence-electron chi connectivity index (χ1n) is 5.76. The summed E-state index contributed by atoms with van der Waals surface area (Å²) in [5.74, 6) is -1.30. The van der Waals surface area contributed by atoms with Crippen LogP contribution >= 0.6 is 0 Å². The summed E-state index contributed by atoms with van der Waals surface area (Å²) in [5.41, 5.74) is -0.516. The molecule has 8 heteroatoms. The van der Waals surface area contributed by atoms with Gasteiger partial charge in [0.2, 0.25) is 11.6 Å². The third-order valence-electron chi connectivity index (χ3n) is 2.73. The number of nitro benzene ring substituents is 2. The Bertz CT molecular complexity index is 732. The normalized spacial score (nSPS) is 10.2. The van der Waals surface area contributed by atoms with Gasteiger partial charge in [0.05, 0.1) is 15.9 Å². The highest BCUT2D eigenvalue weighted by Crippen LogP contribution is 2.35. The summed E-state index contributed by atoms with van der Waals surface area (Å²) in [6.45, 7) is 1.62. The third kappa shape index (κ3) is 2.94. The lowest BCUT2D eigenvalue weighted by atomic mass is 10.2. The van der Waals surface area contributed by atoms with Crippen molar-refractivity contribution in [1.82, 2.24) is 0 Å². The number of ether oxygens (including phenoxy) is 1. The minimum atomic E-state index is -1.04. The maximum absolute atomic E-state index is 13.5. The molecule has 0 aromatic heterocycles. The number of rotatable bonds is 4. The largest absolute Gasteiger partial charge is 0.449 e. The minimum absolute atomic E-state index is 0.0536. The quantitative estimate of drug-likeness (QED) is 0.631. The lowest BCUT2D eigenvalue weighted by molar-refractivity contribution is -0.388. The molecular formula is C13H9FN2O5. The van der Waals surface area contributed by atoms with E-state index in [0.29, 0.717) is 5.56 Å². The zero-order chi connectivity index (χ0) is 15.6. The Morgan fingerprint density at radius 2 is 1.76 bits per heavy atom. The van der Waals surface area contributed by atoms with Gasteiger partial charge >= 0.3 is 5.69 Å². The molecule has 0 aliphatic carbocycles. The van der Waals surface area contributed by atoms with Crippen molar-refractivity contribution in [3.63, 3.8) is 0 Å². The van der Waals surface area contributed by atoms with Crippen LogP contribution in [0.5, 0.6) is 11.5 Å². The molecular weight excluding hydrogens is 283 g/mol. The van der Waals surface area contributed by atoms with Crippen LogP contribution in [-0.2, 0) is 0 Å². The Hall–Kier alpha value is -3.03. The molecule has 0 atom stereocenters. The van der Waals surface area contributed by atoms with Gasteiger partial charge in [-0.3, -0.25) is 20.2 Å². The Morgan fingerprint density at radius 3 is 2.38 bits per heavy atom. The van der Waals surface area contributed by atoms with Crippen molar-refractivity contribution in [3.05, 3.63) is 68.0 Å². The number of nitrogens with zero attached hydrogens (tertiary/aromatic N) is 2. The van der Waals surface area contributed by atoms with Gasteiger partial charge in [-0.25, -0.2) is 0 Å². The van der Waals surface area contributed by atoms with Crippen molar-refractivity contribution < 1.29 is 19.0 Å². The average molecular weight is 292 g/mol. The van der Waals surface area contributed by atoms with Gasteiger partial charge in [-0.15, -0.1) is 0 Å². The van der Waals surface area contributed by atoms with Gasteiger partial charge in [0, 0.05) is 6.07 Å². The summed E-state index contributed by atoms with van der Waals surface area (Å²) >= 11 is 0. The van der Waals surface area contributed by atoms with E-state index >= 15 is 0 Å². The summed E-state index contributed by atoms with van der Waals surface area (Å²) < 4.78 is 18.8. The van der Waals surface area contributed by atoms with Crippen molar-refractivity contribution in [2.75, 3.05) is 0 Å². The first kappa shape index (κ1) is 14.4. The van der Waals surface area contributed by atoms with Gasteiger partial charge in [0.1, 0.15) is 5.75 Å². The summed E-state index contributed by atoms with van der Waals surface area (Å²) in [6.07, 6.45) is 0. The number of nitro groups is 2. The standard InChI is InChI=1S/C13H9FN2O5/c1-8-5-6-9(15(17)18)7-12(8)21-11-4-2-3-10(14)13(11)16(19)20/h2-7H,1H3. The fourth-order valence-electron chi connectivity index (χ4n) is 1.69. The highest BCUT2D eigenvalue weighted by Gasteiger charge is 2.22. The zero-order valence-corrected chi connectivity index (χ0v) is 10.8. The van der Waals surface area contributed by atoms with E-state index in [9.17, 15) is 24.6 Å². The van der Waals surface area contributed by atoms with Crippen molar-refractivity contribution in [1.29, 1.82) is 0 Å². The fourth-order valence-corrected chi connectivity index (χ4v) is 1.69. The lowest BCUT2D eigenvalue weighted by Crippen LogP contribution is -1.98. The molecule has 0 fully saturated rings. The minimum Gasteiger partial charge on any atom is -0.449 e. The van der Waals surface area contributed by atoms with Crippen molar-refractivity contribution in [3.8, 4) is 11.5 Å². The first-order valence-corrected chi connectivity index (χ1v) is 5.76. The molecule has 2 rings (SSSR count). The summed E-state index contributed by atoms with van der Waals surface area (Å²) in [6, 6.07) is 7.26. The van der Waals surface area contributed by atoms with E-state index in [1.807, 2.05) is 0 Å². The molecule has 7 nitrogen and oxygen atoms in total. The summed E-state index contributed by atoms with van der Waals surface area (Å²) in [5, 5.41) is 21.6. The Balaban J connectivity index is 2.48. The molecule has 0 amide bonds. The second kappa shape index (κ2) is 5.53. The van der Waals surface area contributed by atoms with Crippen molar-refractivity contribution in [2.45, 2.75) is 6.92 Å². The molecule has 0 unspecified atom stereocenters. The smallest absolute Gasteiger partial charge is 0.346 e. The van der Waals surface area contributed by atoms with Gasteiger partial charge in [0.15, 0.2) is 0 Å². The molecule has 0 spiro atoms. The van der Waals surface area contributed by atoms with Gasteiger partial charge < -0.3 is 4.74 Å². The lowest BCUT2D eigenvalue weighted by Gasteiger charge is -2.09. The predicted molar refractivity (Wildman–Crippen MR) is 71.0 cm³/mol. The second-order valence-electron chi connectivity index (χ2n) is 4.15. The van der Waals surface area contributed by atoms with Crippen LogP contribution in [0.4, 0.5) is 15.8 Å². The maximum Gasteiger partial charge on any atom is 0.346 e. The molecule has 0 aliphatic rings. The van der Waals surface area contributed by atoms with E-state index in [1.54, 1.807) is 6.92 Å². The molecule has 0 heterocycles. The van der Waals surface area contributed by atoms with Gasteiger partial charge in [-0.2, -0.15) is 4.39 Å². The van der Waals surface area contributed by atoms with Crippen LogP contribution < -0.4 is 4.74 Å². The van der Waals surface area contributed by atoms with Gasteiger partial charge in [-0.05, 0) is 30.7 Å². The maximum atomic E-state index is 13.5. The number of non-ortho nitro benzene ring substituents is 1. The highest BCUT2D eigenvalue weighted by atomic mass is 19.1. The topological polar surface area (TPSA) is 95.5 Å². The van der Waals surface area contributed by atoms with Gasteiger partial charge in [-0.1, -0.05) is 6.07 Å². The molecule has 0 saturated carbocycles. The van der Waals surface area contributed by atoms with Crippen LogP contribution in [0.25, 0.3) is 0 Å². The summed E-state index contributed by atoms with van der Waals surface area (Å²) in [4.78, 5) is 20.1. The second-order valence-corrected chi connectivity index (χ2v) is 4.15. The van der Waals surface area contributed by atoms with Crippen LogP contribution in [0.2, 0.25) is 0 Å². The van der Waals surface area contributed by atoms with Crippen molar-refractivity contribution in [2.24, 2.45) is 0 Å². The van der Waals surface area contributed by atoms with E-state index < -0.39 is 21.4 Å².